The van der Waals surface area contributed by atoms with E-state index in [9.17, 15) is 13.2 Å². The van der Waals surface area contributed by atoms with Crippen LogP contribution in [0.3, 0.4) is 0 Å². The quantitative estimate of drug-likeness (QED) is 0.599. The number of piperidine rings is 1. The number of oxazole rings is 1. The van der Waals surface area contributed by atoms with Crippen LogP contribution >= 0.6 is 0 Å². The van der Waals surface area contributed by atoms with Gasteiger partial charge in [-0.15, -0.1) is 0 Å². The zero-order chi connectivity index (χ0) is 21.7. The van der Waals surface area contributed by atoms with Gasteiger partial charge in [-0.3, -0.25) is 4.79 Å². The highest BCUT2D eigenvalue weighted by Gasteiger charge is 2.26. The lowest BCUT2D eigenvalue weighted by atomic mass is 10.2. The molecule has 2 aromatic carbocycles. The molecule has 1 amide bonds. The topological polar surface area (TPSA) is 92.5 Å². The molecule has 0 spiro atoms. The average Bonchev–Trinajstić information content (AvgIpc) is 3.28. The molecule has 2 heterocycles. The zero-order valence-corrected chi connectivity index (χ0v) is 18.0. The van der Waals surface area contributed by atoms with Crippen molar-refractivity contribution in [3.63, 3.8) is 0 Å². The Morgan fingerprint density at radius 3 is 2.58 bits per heavy atom. The Kier molecular flexibility index (Phi) is 6.48. The molecule has 0 saturated carbocycles. The van der Waals surface area contributed by atoms with E-state index < -0.39 is 10.0 Å². The van der Waals surface area contributed by atoms with Gasteiger partial charge in [0.2, 0.25) is 15.9 Å². The lowest BCUT2D eigenvalue weighted by Crippen LogP contribution is -2.35. The van der Waals surface area contributed by atoms with Crippen LogP contribution in [0.25, 0.3) is 11.3 Å². The molecule has 0 atom stereocenters. The smallest absolute Gasteiger partial charge is 0.243 e. The monoisotopic (exact) mass is 439 g/mol. The van der Waals surface area contributed by atoms with Gasteiger partial charge in [-0.25, -0.2) is 13.4 Å². The van der Waals surface area contributed by atoms with E-state index in [2.05, 4.69) is 10.3 Å². The second-order valence-corrected chi connectivity index (χ2v) is 9.46. The Bertz CT molecular complexity index is 1140. The van der Waals surface area contributed by atoms with E-state index in [4.69, 9.17) is 4.42 Å². The fourth-order valence-electron chi connectivity index (χ4n) is 3.59. The predicted octanol–water partition coefficient (Wildman–Crippen LogP) is 4.09. The maximum absolute atomic E-state index is 12.8. The fourth-order valence-corrected chi connectivity index (χ4v) is 5.16. The molecule has 0 unspecified atom stereocenters. The first-order valence-electron chi connectivity index (χ1n) is 10.4. The third kappa shape index (κ3) is 5.21. The van der Waals surface area contributed by atoms with Gasteiger partial charge in [0.05, 0.1) is 11.1 Å². The Hall–Kier alpha value is -2.97. The van der Waals surface area contributed by atoms with Crippen molar-refractivity contribution in [2.24, 2.45) is 0 Å². The molecule has 0 bridgehead atoms. The van der Waals surface area contributed by atoms with E-state index in [0.29, 0.717) is 36.8 Å². The maximum Gasteiger partial charge on any atom is 0.243 e. The van der Waals surface area contributed by atoms with E-state index in [1.807, 2.05) is 30.3 Å². The minimum Gasteiger partial charge on any atom is -0.441 e. The van der Waals surface area contributed by atoms with Crippen LogP contribution in [-0.4, -0.2) is 36.7 Å². The number of sulfonamides is 1. The summed E-state index contributed by atoms with van der Waals surface area (Å²) >= 11 is 0. The summed E-state index contributed by atoms with van der Waals surface area (Å²) in [4.78, 5) is 16.8. The molecule has 8 heteroatoms. The van der Waals surface area contributed by atoms with Gasteiger partial charge >= 0.3 is 0 Å². The molecule has 1 saturated heterocycles. The molecular formula is C23H25N3O4S. The summed E-state index contributed by atoms with van der Waals surface area (Å²) in [6.07, 6.45) is 4.99. The predicted molar refractivity (Wildman–Crippen MR) is 118 cm³/mol. The minimum atomic E-state index is -3.54. The van der Waals surface area contributed by atoms with E-state index in [0.717, 1.165) is 24.8 Å². The Morgan fingerprint density at radius 1 is 1.03 bits per heavy atom. The van der Waals surface area contributed by atoms with E-state index in [1.165, 1.54) is 10.4 Å². The van der Waals surface area contributed by atoms with E-state index in [1.54, 1.807) is 24.4 Å². The first-order chi connectivity index (χ1) is 15.0. The Morgan fingerprint density at radius 2 is 1.81 bits per heavy atom. The Labute approximate surface area is 182 Å². The molecule has 1 N–H and O–H groups in total. The first-order valence-corrected chi connectivity index (χ1v) is 11.9. The highest BCUT2D eigenvalue weighted by Crippen LogP contribution is 2.23. The molecule has 1 fully saturated rings. The third-order valence-electron chi connectivity index (χ3n) is 5.25. The first kappa shape index (κ1) is 21.3. The number of carbonyl (C=O) groups is 1. The summed E-state index contributed by atoms with van der Waals surface area (Å²) in [6, 6.07) is 16.0. The van der Waals surface area contributed by atoms with Crippen LogP contribution in [0.5, 0.6) is 0 Å². The van der Waals surface area contributed by atoms with E-state index >= 15 is 0 Å². The van der Waals surface area contributed by atoms with Crippen LogP contribution in [0.4, 0.5) is 5.69 Å². The molecule has 0 aliphatic carbocycles. The molecule has 1 aromatic heterocycles. The number of nitrogens with zero attached hydrogens (tertiary/aromatic N) is 2. The summed E-state index contributed by atoms with van der Waals surface area (Å²) < 4.78 is 32.9. The maximum atomic E-state index is 12.8. The SMILES string of the molecule is O=C(CCc1ncc(-c2ccccc2)o1)Nc1cccc(S(=O)(=O)N2CCCCC2)c1. The molecule has 0 radical (unpaired) electrons. The number of rotatable bonds is 7. The van der Waals surface area contributed by atoms with Crippen molar-refractivity contribution in [3.05, 3.63) is 66.7 Å². The minimum absolute atomic E-state index is 0.178. The third-order valence-corrected chi connectivity index (χ3v) is 7.14. The van der Waals surface area contributed by atoms with Crippen LogP contribution in [0.2, 0.25) is 0 Å². The summed E-state index contributed by atoms with van der Waals surface area (Å²) in [5.74, 6) is 0.911. The number of hydrogen-bond donors (Lipinski definition) is 1. The standard InChI is InChI=1S/C23H25N3O4S/c27-22(12-13-23-24-17-21(30-23)18-8-3-1-4-9-18)25-19-10-7-11-20(16-19)31(28,29)26-14-5-2-6-15-26/h1,3-4,7-11,16-17H,2,5-6,12-15H2,(H,25,27). The normalized spacial score (nSPS) is 15.0. The average molecular weight is 440 g/mol. The van der Waals surface area contributed by atoms with Gasteiger partial charge in [0.1, 0.15) is 0 Å². The van der Waals surface area contributed by atoms with Crippen LogP contribution in [-0.2, 0) is 21.2 Å². The van der Waals surface area contributed by atoms with Crippen molar-refractivity contribution in [3.8, 4) is 11.3 Å². The molecule has 7 nitrogen and oxygen atoms in total. The van der Waals surface area contributed by atoms with Crippen molar-refractivity contribution in [1.29, 1.82) is 0 Å². The van der Waals surface area contributed by atoms with Gasteiger partial charge < -0.3 is 9.73 Å². The summed E-state index contributed by atoms with van der Waals surface area (Å²) in [6.45, 7) is 1.08. The van der Waals surface area contributed by atoms with Gasteiger partial charge in [-0.2, -0.15) is 4.31 Å². The molecule has 162 valence electrons. The number of nitrogens with one attached hydrogen (secondary N) is 1. The van der Waals surface area contributed by atoms with Crippen molar-refractivity contribution >= 4 is 21.6 Å². The summed E-state index contributed by atoms with van der Waals surface area (Å²) in [5.41, 5.74) is 1.39. The van der Waals surface area contributed by atoms with Crippen LogP contribution in [0.1, 0.15) is 31.6 Å². The largest absolute Gasteiger partial charge is 0.441 e. The molecular weight excluding hydrogens is 414 g/mol. The fraction of sp³-hybridized carbons (Fsp3) is 0.304. The zero-order valence-electron chi connectivity index (χ0n) is 17.2. The molecule has 4 rings (SSSR count). The lowest BCUT2D eigenvalue weighted by Gasteiger charge is -2.26. The molecule has 1 aliphatic heterocycles. The van der Waals surface area contributed by atoms with Crippen LogP contribution in [0, 0.1) is 0 Å². The molecule has 31 heavy (non-hydrogen) atoms. The van der Waals surface area contributed by atoms with Crippen molar-refractivity contribution in [1.82, 2.24) is 9.29 Å². The highest BCUT2D eigenvalue weighted by atomic mass is 32.2. The van der Waals surface area contributed by atoms with Crippen molar-refractivity contribution in [2.75, 3.05) is 18.4 Å². The van der Waals surface area contributed by atoms with E-state index in [-0.39, 0.29) is 17.2 Å². The van der Waals surface area contributed by atoms with Gasteiger partial charge in [-0.1, -0.05) is 42.8 Å². The van der Waals surface area contributed by atoms with Gasteiger partial charge in [0.25, 0.3) is 0 Å². The number of anilines is 1. The number of hydrogen-bond acceptors (Lipinski definition) is 5. The number of amides is 1. The number of aryl methyl sites for hydroxylation is 1. The Balaban J connectivity index is 1.36. The number of benzene rings is 2. The van der Waals surface area contributed by atoms with Gasteiger partial charge in [0.15, 0.2) is 11.7 Å². The summed E-state index contributed by atoms with van der Waals surface area (Å²) in [5, 5.41) is 2.77. The summed E-state index contributed by atoms with van der Waals surface area (Å²) in [7, 11) is -3.54. The number of carbonyl (C=O) groups excluding carboxylic acids is 1. The van der Waals surface area contributed by atoms with Gasteiger partial charge in [0, 0.05) is 37.2 Å². The second kappa shape index (κ2) is 9.45. The van der Waals surface area contributed by atoms with Crippen molar-refractivity contribution < 1.29 is 17.6 Å². The van der Waals surface area contributed by atoms with Crippen LogP contribution < -0.4 is 5.32 Å². The van der Waals surface area contributed by atoms with Gasteiger partial charge in [-0.05, 0) is 31.0 Å². The number of aromatic nitrogens is 1. The lowest BCUT2D eigenvalue weighted by molar-refractivity contribution is -0.116. The molecule has 3 aromatic rings. The van der Waals surface area contributed by atoms with Crippen LogP contribution in [0.15, 0.2) is 70.1 Å². The second-order valence-electron chi connectivity index (χ2n) is 7.53. The highest BCUT2D eigenvalue weighted by molar-refractivity contribution is 7.89. The van der Waals surface area contributed by atoms with Crippen molar-refractivity contribution in [2.45, 2.75) is 37.0 Å². The molecule has 1 aliphatic rings.